The first-order chi connectivity index (χ1) is 10.5. The van der Waals surface area contributed by atoms with Gasteiger partial charge in [-0.05, 0) is 19.8 Å². The molecule has 0 saturated carbocycles. The third-order valence-corrected chi connectivity index (χ3v) is 4.14. The summed E-state index contributed by atoms with van der Waals surface area (Å²) in [4.78, 5) is 26.2. The van der Waals surface area contributed by atoms with E-state index in [0.29, 0.717) is 24.5 Å². The van der Waals surface area contributed by atoms with Gasteiger partial charge in [0.2, 0.25) is 11.8 Å². The molecular weight excluding hydrogens is 288 g/mol. The Morgan fingerprint density at radius 3 is 2.82 bits per heavy atom. The van der Waals surface area contributed by atoms with E-state index in [4.69, 9.17) is 4.74 Å². The monoisotopic (exact) mass is 310 g/mol. The molecule has 1 N–H and O–H groups in total. The summed E-state index contributed by atoms with van der Waals surface area (Å²) in [6.07, 6.45) is 1.95. The van der Waals surface area contributed by atoms with Gasteiger partial charge >= 0.3 is 0 Å². The molecule has 1 fully saturated rings. The molecule has 1 aliphatic rings. The van der Waals surface area contributed by atoms with Gasteiger partial charge in [-0.3, -0.25) is 9.59 Å². The molecule has 22 heavy (non-hydrogen) atoms. The molecule has 2 heterocycles. The zero-order valence-electron chi connectivity index (χ0n) is 13.2. The molecule has 8 heteroatoms. The highest BCUT2D eigenvalue weighted by Gasteiger charge is 2.45. The Bertz CT molecular complexity index is 545. The number of hydrogen-bond donors (Lipinski definition) is 1. The SMILES string of the molecule is CNC(=O)C[C@]1(COC)CCCN1C(=O)Cc1nonc1C. The Morgan fingerprint density at radius 2 is 2.23 bits per heavy atom. The molecule has 0 aliphatic carbocycles. The fraction of sp³-hybridized carbons (Fsp3) is 0.714. The molecule has 2 amide bonds. The second kappa shape index (κ2) is 6.87. The van der Waals surface area contributed by atoms with Gasteiger partial charge in [0.15, 0.2) is 0 Å². The van der Waals surface area contributed by atoms with Crippen molar-refractivity contribution in [2.45, 2.75) is 38.1 Å². The van der Waals surface area contributed by atoms with Crippen molar-refractivity contribution in [1.29, 1.82) is 0 Å². The van der Waals surface area contributed by atoms with E-state index < -0.39 is 5.54 Å². The maximum Gasteiger partial charge on any atom is 0.229 e. The van der Waals surface area contributed by atoms with E-state index >= 15 is 0 Å². The largest absolute Gasteiger partial charge is 0.382 e. The minimum Gasteiger partial charge on any atom is -0.382 e. The van der Waals surface area contributed by atoms with Crippen LogP contribution < -0.4 is 5.32 Å². The van der Waals surface area contributed by atoms with E-state index in [1.807, 2.05) is 0 Å². The molecule has 0 radical (unpaired) electrons. The minimum atomic E-state index is -0.586. The maximum absolute atomic E-state index is 12.7. The van der Waals surface area contributed by atoms with E-state index in [9.17, 15) is 9.59 Å². The van der Waals surface area contributed by atoms with Gasteiger partial charge in [0.05, 0.1) is 25.0 Å². The average molecular weight is 310 g/mol. The maximum atomic E-state index is 12.7. The highest BCUT2D eigenvalue weighted by Crippen LogP contribution is 2.33. The van der Waals surface area contributed by atoms with Crippen LogP contribution in [0.4, 0.5) is 0 Å². The minimum absolute atomic E-state index is 0.0859. The van der Waals surface area contributed by atoms with Gasteiger partial charge in [-0.1, -0.05) is 10.3 Å². The van der Waals surface area contributed by atoms with E-state index in [0.717, 1.165) is 12.8 Å². The highest BCUT2D eigenvalue weighted by atomic mass is 16.6. The molecule has 0 unspecified atom stereocenters. The fourth-order valence-corrected chi connectivity index (χ4v) is 3.02. The van der Waals surface area contributed by atoms with Crippen molar-refractivity contribution < 1.29 is 19.0 Å². The van der Waals surface area contributed by atoms with Crippen molar-refractivity contribution in [2.75, 3.05) is 27.3 Å². The van der Waals surface area contributed by atoms with Gasteiger partial charge < -0.3 is 15.0 Å². The number of methoxy groups -OCH3 is 1. The van der Waals surface area contributed by atoms with E-state index in [-0.39, 0.29) is 24.7 Å². The van der Waals surface area contributed by atoms with Crippen LogP contribution in [0, 0.1) is 6.92 Å². The van der Waals surface area contributed by atoms with Gasteiger partial charge in [0.25, 0.3) is 0 Å². The van der Waals surface area contributed by atoms with Crippen LogP contribution in [0.25, 0.3) is 0 Å². The molecule has 122 valence electrons. The average Bonchev–Trinajstić information content (AvgIpc) is 3.06. The summed E-state index contributed by atoms with van der Waals surface area (Å²) in [7, 11) is 3.17. The van der Waals surface area contributed by atoms with Crippen molar-refractivity contribution in [3.63, 3.8) is 0 Å². The quantitative estimate of drug-likeness (QED) is 0.798. The summed E-state index contributed by atoms with van der Waals surface area (Å²) in [5.74, 6) is -0.187. The first-order valence-electron chi connectivity index (χ1n) is 7.30. The van der Waals surface area contributed by atoms with E-state index in [1.165, 1.54) is 0 Å². The number of amides is 2. The second-order valence-electron chi connectivity index (χ2n) is 5.63. The van der Waals surface area contributed by atoms with Gasteiger partial charge in [0.1, 0.15) is 11.4 Å². The summed E-state index contributed by atoms with van der Waals surface area (Å²) >= 11 is 0. The van der Waals surface area contributed by atoms with Crippen molar-refractivity contribution in [2.24, 2.45) is 0 Å². The first-order valence-corrected chi connectivity index (χ1v) is 7.30. The van der Waals surface area contributed by atoms with Crippen LogP contribution in [0.5, 0.6) is 0 Å². The van der Waals surface area contributed by atoms with Crippen LogP contribution in [0.15, 0.2) is 4.63 Å². The molecule has 1 aromatic heterocycles. The molecule has 1 aromatic rings. The lowest BCUT2D eigenvalue weighted by Gasteiger charge is -2.37. The molecule has 8 nitrogen and oxygen atoms in total. The molecule has 1 atom stereocenters. The Hall–Kier alpha value is -1.96. The van der Waals surface area contributed by atoms with Crippen LogP contribution >= 0.6 is 0 Å². The van der Waals surface area contributed by atoms with Crippen LogP contribution in [-0.2, 0) is 20.7 Å². The molecule has 2 rings (SSSR count). The Kier molecular flexibility index (Phi) is 5.12. The van der Waals surface area contributed by atoms with Crippen LogP contribution in [0.1, 0.15) is 30.7 Å². The first kappa shape index (κ1) is 16.4. The molecule has 0 aromatic carbocycles. The van der Waals surface area contributed by atoms with Crippen molar-refractivity contribution in [1.82, 2.24) is 20.5 Å². The third kappa shape index (κ3) is 3.27. The lowest BCUT2D eigenvalue weighted by Crippen LogP contribution is -2.53. The normalized spacial score (nSPS) is 21.1. The number of likely N-dealkylation sites (tertiary alicyclic amines) is 1. The van der Waals surface area contributed by atoms with Gasteiger partial charge in [0, 0.05) is 20.7 Å². The van der Waals surface area contributed by atoms with E-state index in [2.05, 4.69) is 20.3 Å². The molecule has 1 saturated heterocycles. The van der Waals surface area contributed by atoms with E-state index in [1.54, 1.807) is 26.0 Å². The molecule has 0 bridgehead atoms. The summed E-state index contributed by atoms with van der Waals surface area (Å²) < 4.78 is 9.92. The van der Waals surface area contributed by atoms with Gasteiger partial charge in [-0.2, -0.15) is 0 Å². The number of aromatic nitrogens is 2. The number of nitrogens with zero attached hydrogens (tertiary/aromatic N) is 3. The number of carbonyl (C=O) groups excluding carboxylic acids is 2. The zero-order chi connectivity index (χ0) is 16.2. The number of rotatable bonds is 6. The summed E-state index contributed by atoms with van der Waals surface area (Å²) in [5.41, 5.74) is 0.552. The van der Waals surface area contributed by atoms with Crippen molar-refractivity contribution >= 4 is 11.8 Å². The standard InChI is InChI=1S/C14H22N4O4/c1-10-11(17-22-16-10)7-13(20)18-6-4-5-14(18,9-21-3)8-12(19)15-2/h4-9H2,1-3H3,(H,15,19)/t14-/m0/s1. The van der Waals surface area contributed by atoms with Crippen LogP contribution in [0.2, 0.25) is 0 Å². The smallest absolute Gasteiger partial charge is 0.229 e. The predicted octanol–water partition coefficient (Wildman–Crippen LogP) is 0.0642. The van der Waals surface area contributed by atoms with Gasteiger partial charge in [-0.15, -0.1) is 0 Å². The number of aryl methyl sites for hydroxylation is 1. The lowest BCUT2D eigenvalue weighted by molar-refractivity contribution is -0.139. The Balaban J connectivity index is 2.17. The molecule has 1 aliphatic heterocycles. The fourth-order valence-electron chi connectivity index (χ4n) is 3.02. The predicted molar refractivity (Wildman–Crippen MR) is 77.0 cm³/mol. The zero-order valence-corrected chi connectivity index (χ0v) is 13.2. The molecular formula is C14H22N4O4. The summed E-state index contributed by atoms with van der Waals surface area (Å²) in [5, 5.41) is 10.1. The van der Waals surface area contributed by atoms with Gasteiger partial charge in [-0.25, -0.2) is 4.63 Å². The number of ether oxygens (including phenoxy) is 1. The second-order valence-corrected chi connectivity index (χ2v) is 5.63. The van der Waals surface area contributed by atoms with Crippen LogP contribution in [-0.4, -0.2) is 59.9 Å². The third-order valence-electron chi connectivity index (χ3n) is 4.14. The van der Waals surface area contributed by atoms with Crippen molar-refractivity contribution in [3.05, 3.63) is 11.4 Å². The summed E-state index contributed by atoms with van der Waals surface area (Å²) in [6.45, 7) is 2.70. The number of hydrogen-bond acceptors (Lipinski definition) is 6. The lowest BCUT2D eigenvalue weighted by atomic mass is 9.92. The number of carbonyl (C=O) groups is 2. The summed E-state index contributed by atoms with van der Waals surface area (Å²) in [6, 6.07) is 0. The topological polar surface area (TPSA) is 97.6 Å². The van der Waals surface area contributed by atoms with Crippen molar-refractivity contribution in [3.8, 4) is 0 Å². The highest BCUT2D eigenvalue weighted by molar-refractivity contribution is 5.82. The Labute approximate surface area is 129 Å². The number of nitrogens with one attached hydrogen (secondary N) is 1. The molecule has 0 spiro atoms. The Morgan fingerprint density at radius 1 is 1.45 bits per heavy atom. The van der Waals surface area contributed by atoms with Crippen LogP contribution in [0.3, 0.4) is 0 Å².